The molecule has 1 aromatic carbocycles. The van der Waals surface area contributed by atoms with Gasteiger partial charge < -0.3 is 9.72 Å². The summed E-state index contributed by atoms with van der Waals surface area (Å²) >= 11 is 0. The lowest BCUT2D eigenvalue weighted by atomic mass is 10.2. The topological polar surface area (TPSA) is 48.8 Å². The number of aromatic nitrogens is 1. The van der Waals surface area contributed by atoms with Gasteiger partial charge in [-0.2, -0.15) is 0 Å². The summed E-state index contributed by atoms with van der Waals surface area (Å²) in [6.45, 7) is 0. The minimum absolute atomic E-state index is 0.534. The summed E-state index contributed by atoms with van der Waals surface area (Å²) in [6, 6.07) is 11.6. The van der Waals surface area contributed by atoms with Crippen molar-refractivity contribution < 1.29 is 4.74 Å². The molecule has 0 saturated heterocycles. The van der Waals surface area contributed by atoms with Crippen molar-refractivity contribution in [2.45, 2.75) is 0 Å². The van der Waals surface area contributed by atoms with E-state index in [-0.39, 0.29) is 0 Å². The van der Waals surface area contributed by atoms with Crippen LogP contribution in [0.5, 0.6) is 5.75 Å². The van der Waals surface area contributed by atoms with E-state index in [2.05, 4.69) is 9.72 Å². The van der Waals surface area contributed by atoms with E-state index in [1.165, 1.54) is 0 Å². The number of rotatable bonds is 2. The fraction of sp³-hybridized carbons (Fsp3) is 0. The lowest BCUT2D eigenvalue weighted by Gasteiger charge is -1.94. The maximum Gasteiger partial charge on any atom is 0.292 e. The van der Waals surface area contributed by atoms with Crippen LogP contribution in [0, 0.1) is 11.5 Å². The van der Waals surface area contributed by atoms with Crippen LogP contribution in [0.3, 0.4) is 0 Å². The van der Waals surface area contributed by atoms with Crippen molar-refractivity contribution >= 4 is 0 Å². The van der Waals surface area contributed by atoms with Crippen LogP contribution in [0.1, 0.15) is 0 Å². The lowest BCUT2D eigenvalue weighted by Crippen LogP contribution is -1.76. The van der Waals surface area contributed by atoms with Gasteiger partial charge >= 0.3 is 0 Å². The zero-order valence-corrected chi connectivity index (χ0v) is 7.40. The van der Waals surface area contributed by atoms with E-state index in [1.807, 2.05) is 30.3 Å². The first-order chi connectivity index (χ1) is 6.90. The van der Waals surface area contributed by atoms with E-state index < -0.39 is 0 Å². The molecule has 0 radical (unpaired) electrons. The maximum absolute atomic E-state index is 8.31. The van der Waals surface area contributed by atoms with Crippen LogP contribution in [0.15, 0.2) is 42.6 Å². The summed E-state index contributed by atoms with van der Waals surface area (Å²) in [7, 11) is 0. The predicted octanol–water partition coefficient (Wildman–Crippen LogP) is 2.54. The molecule has 0 aliphatic rings. The second kappa shape index (κ2) is 3.67. The van der Waals surface area contributed by atoms with Crippen LogP contribution >= 0.6 is 0 Å². The molecular formula is C11H8N2O. The summed E-state index contributed by atoms with van der Waals surface area (Å²) in [5.41, 5.74) is 2.01. The molecule has 3 heteroatoms. The van der Waals surface area contributed by atoms with Gasteiger partial charge in [-0.3, -0.25) is 0 Å². The molecule has 0 fully saturated rings. The van der Waals surface area contributed by atoms with Gasteiger partial charge in [-0.05, 0) is 5.56 Å². The van der Waals surface area contributed by atoms with Gasteiger partial charge in [0.05, 0.1) is 0 Å². The molecule has 0 amide bonds. The van der Waals surface area contributed by atoms with E-state index in [9.17, 15) is 0 Å². The third-order valence-electron chi connectivity index (χ3n) is 1.90. The zero-order valence-electron chi connectivity index (χ0n) is 7.40. The van der Waals surface area contributed by atoms with Crippen LogP contribution < -0.4 is 4.74 Å². The quantitative estimate of drug-likeness (QED) is 0.729. The highest BCUT2D eigenvalue weighted by atomic mass is 16.5. The largest absolute Gasteiger partial charge is 0.386 e. The molecule has 2 aromatic rings. The SMILES string of the molecule is N#COc1c[nH]c(-c2ccccc2)c1. The van der Waals surface area contributed by atoms with E-state index in [0.717, 1.165) is 11.3 Å². The Morgan fingerprint density at radius 1 is 1.21 bits per heavy atom. The number of hydrogen-bond donors (Lipinski definition) is 1. The van der Waals surface area contributed by atoms with Gasteiger partial charge in [0.25, 0.3) is 6.26 Å². The average Bonchev–Trinajstić information content (AvgIpc) is 2.68. The second-order valence-corrected chi connectivity index (χ2v) is 2.81. The number of H-pyrrole nitrogens is 1. The lowest BCUT2D eigenvalue weighted by molar-refractivity contribution is 0.508. The molecule has 0 spiro atoms. The molecule has 2 rings (SSSR count). The van der Waals surface area contributed by atoms with Gasteiger partial charge in [-0.1, -0.05) is 30.3 Å². The normalized spacial score (nSPS) is 9.36. The molecule has 3 nitrogen and oxygen atoms in total. The Balaban J connectivity index is 2.31. The van der Waals surface area contributed by atoms with Gasteiger partial charge in [0.1, 0.15) is 0 Å². The Bertz CT molecular complexity index is 454. The zero-order chi connectivity index (χ0) is 9.80. The molecule has 68 valence electrons. The molecule has 0 aliphatic carbocycles. The molecule has 0 aliphatic heterocycles. The Labute approximate surface area is 81.6 Å². The van der Waals surface area contributed by atoms with E-state index in [4.69, 9.17) is 5.26 Å². The first-order valence-electron chi connectivity index (χ1n) is 4.20. The van der Waals surface area contributed by atoms with Crippen molar-refractivity contribution in [3.63, 3.8) is 0 Å². The van der Waals surface area contributed by atoms with E-state index in [1.54, 1.807) is 18.5 Å². The molecule has 0 unspecified atom stereocenters. The van der Waals surface area contributed by atoms with Crippen LogP contribution in [0.4, 0.5) is 0 Å². The standard InChI is InChI=1S/C11H8N2O/c12-8-14-10-6-11(13-7-10)9-4-2-1-3-5-9/h1-7,13H. The van der Waals surface area contributed by atoms with Gasteiger partial charge in [0.15, 0.2) is 5.75 Å². The number of nitrogens with one attached hydrogen (secondary N) is 1. The van der Waals surface area contributed by atoms with Crippen LogP contribution in [0.2, 0.25) is 0 Å². The third kappa shape index (κ3) is 1.59. The minimum Gasteiger partial charge on any atom is -0.386 e. The highest BCUT2D eigenvalue weighted by molar-refractivity contribution is 5.61. The van der Waals surface area contributed by atoms with Crippen molar-refractivity contribution in [2.75, 3.05) is 0 Å². The first-order valence-corrected chi connectivity index (χ1v) is 4.20. The molecule has 14 heavy (non-hydrogen) atoms. The Morgan fingerprint density at radius 3 is 2.71 bits per heavy atom. The van der Waals surface area contributed by atoms with Crippen LogP contribution in [-0.4, -0.2) is 4.98 Å². The van der Waals surface area contributed by atoms with Crippen molar-refractivity contribution in [1.82, 2.24) is 4.98 Å². The molecule has 1 N–H and O–H groups in total. The van der Waals surface area contributed by atoms with E-state index in [0.29, 0.717) is 5.75 Å². The highest BCUT2D eigenvalue weighted by Gasteiger charge is 2.01. The smallest absolute Gasteiger partial charge is 0.292 e. The van der Waals surface area contributed by atoms with Gasteiger partial charge in [0.2, 0.25) is 0 Å². The van der Waals surface area contributed by atoms with Crippen LogP contribution in [0.25, 0.3) is 11.3 Å². The van der Waals surface area contributed by atoms with Gasteiger partial charge in [0, 0.05) is 18.0 Å². The Hall–Kier alpha value is -2.21. The maximum atomic E-state index is 8.31. The minimum atomic E-state index is 0.534. The number of nitriles is 1. The summed E-state index contributed by atoms with van der Waals surface area (Å²) in [5, 5.41) is 8.31. The summed E-state index contributed by atoms with van der Waals surface area (Å²) < 4.78 is 4.68. The molecule has 0 bridgehead atoms. The first kappa shape index (κ1) is 8.39. The summed E-state index contributed by atoms with van der Waals surface area (Å²) in [6.07, 6.45) is 3.29. The van der Waals surface area contributed by atoms with Crippen molar-refractivity contribution in [2.24, 2.45) is 0 Å². The molecule has 1 heterocycles. The van der Waals surface area contributed by atoms with Crippen LogP contribution in [-0.2, 0) is 0 Å². The highest BCUT2D eigenvalue weighted by Crippen LogP contribution is 2.22. The number of hydrogen-bond acceptors (Lipinski definition) is 2. The molecule has 1 aromatic heterocycles. The fourth-order valence-electron chi connectivity index (χ4n) is 1.27. The average molecular weight is 184 g/mol. The summed E-state index contributed by atoms with van der Waals surface area (Å²) in [5.74, 6) is 0.534. The predicted molar refractivity (Wildman–Crippen MR) is 52.5 cm³/mol. The van der Waals surface area contributed by atoms with Crippen molar-refractivity contribution in [3.05, 3.63) is 42.6 Å². The van der Waals surface area contributed by atoms with Crippen molar-refractivity contribution in [1.29, 1.82) is 5.26 Å². The number of aromatic amines is 1. The monoisotopic (exact) mass is 184 g/mol. The number of benzene rings is 1. The van der Waals surface area contributed by atoms with E-state index >= 15 is 0 Å². The third-order valence-corrected chi connectivity index (χ3v) is 1.90. The molecule has 0 saturated carbocycles. The Morgan fingerprint density at radius 2 is 2.00 bits per heavy atom. The fourth-order valence-corrected chi connectivity index (χ4v) is 1.27. The second-order valence-electron chi connectivity index (χ2n) is 2.81. The van der Waals surface area contributed by atoms with Gasteiger partial charge in [-0.25, -0.2) is 0 Å². The molecule has 0 atom stereocenters. The van der Waals surface area contributed by atoms with Crippen molar-refractivity contribution in [3.8, 4) is 23.3 Å². The number of nitrogens with zero attached hydrogens (tertiary/aromatic N) is 1. The van der Waals surface area contributed by atoms with Gasteiger partial charge in [-0.15, -0.1) is 5.26 Å². The Kier molecular flexibility index (Phi) is 2.20. The molecular weight excluding hydrogens is 176 g/mol. The summed E-state index contributed by atoms with van der Waals surface area (Å²) in [4.78, 5) is 3.03. The number of ether oxygens (including phenoxy) is 1.